The number of carbonyl (C=O) groups excluding carboxylic acids is 2. The lowest BCUT2D eigenvalue weighted by Crippen LogP contribution is -2.78. The standard InChI is InChI=1S/C20H25N3O6/c1-7-16(25)12-11(18(27)17(7)26)10(6-24)23-15-13-8(5-9(19(23)28)21(13)2)20-22(14(12)15)3-4-29-20/h8-10,13-15,19-20,24-25,28H,3-6H2,1-2H3/t8-,9-,10-,13?,14?,15?,19-,20?/m1/s1. The van der Waals surface area contributed by atoms with Crippen molar-refractivity contribution in [1.29, 1.82) is 0 Å². The summed E-state index contributed by atoms with van der Waals surface area (Å²) < 4.78 is 6.09. The molecule has 0 aromatic rings. The van der Waals surface area contributed by atoms with Gasteiger partial charge in [0.25, 0.3) is 0 Å². The number of Topliss-reactive ketones (excluding diaryl/α,β-unsaturated/α-hetero) is 2. The van der Waals surface area contributed by atoms with E-state index < -0.39 is 30.4 Å². The molecule has 3 N–H and O–H groups in total. The van der Waals surface area contributed by atoms with Gasteiger partial charge in [-0.25, -0.2) is 0 Å². The molecule has 9 heteroatoms. The highest BCUT2D eigenvalue weighted by molar-refractivity contribution is 6.50. The average Bonchev–Trinajstić information content (AvgIpc) is 3.30. The molecule has 9 nitrogen and oxygen atoms in total. The summed E-state index contributed by atoms with van der Waals surface area (Å²) in [6.45, 7) is 2.29. The van der Waals surface area contributed by atoms with Crippen LogP contribution in [-0.4, -0.2) is 111 Å². The molecule has 0 radical (unpaired) electrons. The van der Waals surface area contributed by atoms with E-state index in [4.69, 9.17) is 4.74 Å². The summed E-state index contributed by atoms with van der Waals surface area (Å²) in [6.07, 6.45) is -0.266. The molecule has 8 atom stereocenters. The zero-order chi connectivity index (χ0) is 20.4. The van der Waals surface area contributed by atoms with Gasteiger partial charge in [0.2, 0.25) is 11.6 Å². The number of piperazine rings is 1. The predicted molar refractivity (Wildman–Crippen MR) is 98.6 cm³/mol. The van der Waals surface area contributed by atoms with Gasteiger partial charge in [-0.05, 0) is 20.4 Å². The Balaban J connectivity index is 1.64. The highest BCUT2D eigenvalue weighted by atomic mass is 16.5. The molecule has 0 spiro atoms. The lowest BCUT2D eigenvalue weighted by molar-refractivity contribution is -0.186. The van der Waals surface area contributed by atoms with Crippen LogP contribution in [0.15, 0.2) is 22.5 Å². The van der Waals surface area contributed by atoms with Crippen molar-refractivity contribution >= 4 is 11.6 Å². The molecule has 0 aromatic heterocycles. The van der Waals surface area contributed by atoms with Gasteiger partial charge in [-0.3, -0.25) is 24.3 Å². The van der Waals surface area contributed by atoms with Crippen molar-refractivity contribution in [2.45, 2.75) is 56.0 Å². The maximum atomic E-state index is 13.0. The van der Waals surface area contributed by atoms with Crippen molar-refractivity contribution in [3.05, 3.63) is 22.5 Å². The van der Waals surface area contributed by atoms with Gasteiger partial charge in [-0.15, -0.1) is 0 Å². The second-order valence-corrected chi connectivity index (χ2v) is 9.08. The van der Waals surface area contributed by atoms with E-state index in [2.05, 4.69) is 9.80 Å². The number of piperidine rings is 1. The van der Waals surface area contributed by atoms with E-state index in [9.17, 15) is 24.9 Å². The Hall–Kier alpha value is -1.62. The Morgan fingerprint density at radius 1 is 1.17 bits per heavy atom. The quantitative estimate of drug-likeness (QED) is 0.351. The number of fused-ring (bicyclic) bond motifs is 5. The lowest BCUT2D eigenvalue weighted by atomic mass is 9.70. The summed E-state index contributed by atoms with van der Waals surface area (Å²) >= 11 is 0. The summed E-state index contributed by atoms with van der Waals surface area (Å²) in [5, 5.41) is 32.5. The van der Waals surface area contributed by atoms with Crippen LogP contribution in [0, 0.1) is 5.92 Å². The first-order valence-corrected chi connectivity index (χ1v) is 10.3. The number of ketones is 2. The van der Waals surface area contributed by atoms with Crippen molar-refractivity contribution < 1.29 is 29.6 Å². The number of likely N-dealkylation sites (N-methyl/N-ethyl adjacent to an activating group) is 1. The second kappa shape index (κ2) is 5.75. The van der Waals surface area contributed by atoms with Crippen molar-refractivity contribution in [2.24, 2.45) is 5.92 Å². The normalized spacial score (nSPS) is 47.2. The van der Waals surface area contributed by atoms with Gasteiger partial charge >= 0.3 is 0 Å². The zero-order valence-corrected chi connectivity index (χ0v) is 16.4. The number of hydrogen-bond acceptors (Lipinski definition) is 9. The number of nitrogens with zero attached hydrogens (tertiary/aromatic N) is 3. The molecular weight excluding hydrogens is 378 g/mol. The Bertz CT molecular complexity index is 899. The Labute approximate surface area is 167 Å². The van der Waals surface area contributed by atoms with Crippen molar-refractivity contribution in [1.82, 2.24) is 14.7 Å². The molecule has 5 heterocycles. The second-order valence-electron chi connectivity index (χ2n) is 9.08. The van der Waals surface area contributed by atoms with Crippen molar-refractivity contribution in [3.8, 4) is 0 Å². The Kier molecular flexibility index (Phi) is 3.60. The maximum Gasteiger partial charge on any atom is 0.232 e. The predicted octanol–water partition coefficient (Wildman–Crippen LogP) is -1.63. The van der Waals surface area contributed by atoms with Crippen LogP contribution < -0.4 is 0 Å². The Morgan fingerprint density at radius 3 is 2.66 bits per heavy atom. The first-order valence-electron chi connectivity index (χ1n) is 10.3. The van der Waals surface area contributed by atoms with Crippen LogP contribution >= 0.6 is 0 Å². The summed E-state index contributed by atoms with van der Waals surface area (Å²) in [6, 6.07) is -1.49. The first kappa shape index (κ1) is 18.2. The number of allylic oxidation sites excluding steroid dienone is 1. The van der Waals surface area contributed by atoms with Gasteiger partial charge in [-0.1, -0.05) is 0 Å². The van der Waals surface area contributed by atoms with E-state index in [1.807, 2.05) is 11.9 Å². The van der Waals surface area contributed by atoms with Crippen molar-refractivity contribution in [3.63, 3.8) is 0 Å². The van der Waals surface area contributed by atoms with Crippen LogP contribution in [0.4, 0.5) is 0 Å². The highest BCUT2D eigenvalue weighted by Crippen LogP contribution is 2.54. The minimum absolute atomic E-state index is 0.0479. The molecule has 4 saturated heterocycles. The van der Waals surface area contributed by atoms with Gasteiger partial charge in [0.1, 0.15) is 18.2 Å². The smallest absolute Gasteiger partial charge is 0.232 e. The van der Waals surface area contributed by atoms with Gasteiger partial charge in [0, 0.05) is 47.3 Å². The molecule has 5 aliphatic heterocycles. The molecule has 0 aromatic carbocycles. The van der Waals surface area contributed by atoms with Crippen molar-refractivity contribution in [2.75, 3.05) is 26.8 Å². The van der Waals surface area contributed by atoms with E-state index in [0.29, 0.717) is 18.7 Å². The van der Waals surface area contributed by atoms with Crippen LogP contribution in [0.25, 0.3) is 0 Å². The SMILES string of the molecule is CC1=C(O)C2=C(C(=O)C1=O)[C@@H](CO)N1C3C2N2CCOC2[C@@H]2C[C@H]([C@H]1O)N(C)C32. The van der Waals surface area contributed by atoms with E-state index >= 15 is 0 Å². The largest absolute Gasteiger partial charge is 0.507 e. The van der Waals surface area contributed by atoms with Crippen LogP contribution in [0.3, 0.4) is 0 Å². The van der Waals surface area contributed by atoms with E-state index in [0.717, 1.165) is 6.42 Å². The molecule has 0 saturated carbocycles. The molecule has 1 aliphatic carbocycles. The van der Waals surface area contributed by atoms with Gasteiger partial charge in [0.05, 0.1) is 25.3 Å². The summed E-state index contributed by atoms with van der Waals surface area (Å²) in [7, 11) is 2.01. The molecule has 2 bridgehead atoms. The third kappa shape index (κ3) is 1.92. The minimum Gasteiger partial charge on any atom is -0.507 e. The molecule has 4 fully saturated rings. The molecule has 4 unspecified atom stereocenters. The monoisotopic (exact) mass is 403 g/mol. The minimum atomic E-state index is -0.878. The fraction of sp³-hybridized carbons (Fsp3) is 0.700. The number of rotatable bonds is 1. The van der Waals surface area contributed by atoms with Crippen LogP contribution in [-0.2, 0) is 14.3 Å². The molecule has 0 amide bonds. The fourth-order valence-corrected chi connectivity index (χ4v) is 7.03. The van der Waals surface area contributed by atoms with Gasteiger partial charge in [0.15, 0.2) is 0 Å². The molecule has 29 heavy (non-hydrogen) atoms. The topological polar surface area (TPSA) is 114 Å². The highest BCUT2D eigenvalue weighted by Gasteiger charge is 2.68. The van der Waals surface area contributed by atoms with Crippen LogP contribution in [0.2, 0.25) is 0 Å². The lowest BCUT2D eigenvalue weighted by Gasteiger charge is -2.61. The number of aliphatic hydroxyl groups excluding tert-OH is 3. The van der Waals surface area contributed by atoms with Gasteiger partial charge in [-0.2, -0.15) is 0 Å². The third-order valence-electron chi connectivity index (χ3n) is 8.16. The summed E-state index contributed by atoms with van der Waals surface area (Å²) in [5.41, 5.74) is 0.618. The molecular formula is C20H25N3O6. The molecule has 6 aliphatic rings. The fourth-order valence-electron chi connectivity index (χ4n) is 7.03. The number of carbonyl (C=O) groups is 2. The van der Waals surface area contributed by atoms with E-state index in [1.165, 1.54) is 6.92 Å². The van der Waals surface area contributed by atoms with Crippen LogP contribution in [0.1, 0.15) is 13.3 Å². The van der Waals surface area contributed by atoms with E-state index in [1.54, 1.807) is 0 Å². The maximum absolute atomic E-state index is 13.0. The summed E-state index contributed by atoms with van der Waals surface area (Å²) in [4.78, 5) is 31.8. The first-order chi connectivity index (χ1) is 13.9. The molecule has 6 rings (SSSR count). The third-order valence-corrected chi connectivity index (χ3v) is 8.16. The summed E-state index contributed by atoms with van der Waals surface area (Å²) in [5.74, 6) is -1.39. The zero-order valence-electron chi connectivity index (χ0n) is 16.4. The van der Waals surface area contributed by atoms with Crippen LogP contribution in [0.5, 0.6) is 0 Å². The number of hydrogen-bond donors (Lipinski definition) is 3. The molecule has 156 valence electrons. The number of ether oxygens (including phenoxy) is 1. The average molecular weight is 403 g/mol. The van der Waals surface area contributed by atoms with E-state index in [-0.39, 0.29) is 53.2 Å². The Morgan fingerprint density at radius 2 is 1.93 bits per heavy atom. The van der Waals surface area contributed by atoms with Gasteiger partial charge < -0.3 is 20.1 Å². The number of aliphatic hydroxyl groups is 3.